The molecule has 19 heavy (non-hydrogen) atoms. The molecule has 0 aromatic heterocycles. The van der Waals surface area contributed by atoms with Crippen molar-refractivity contribution in [2.45, 2.75) is 13.3 Å². The summed E-state index contributed by atoms with van der Waals surface area (Å²) >= 11 is 0. The number of carbonyl (C=O) groups excluding carboxylic acids is 1. The third-order valence-corrected chi connectivity index (χ3v) is 4.20. The topological polar surface area (TPSA) is 86.5 Å². The Kier molecular flexibility index (Phi) is 5.29. The van der Waals surface area contributed by atoms with E-state index in [1.807, 2.05) is 0 Å². The molecule has 7 heteroatoms. The highest BCUT2D eigenvalue weighted by Crippen LogP contribution is 2.14. The van der Waals surface area contributed by atoms with Crippen LogP contribution in [0.5, 0.6) is 0 Å². The first-order valence-corrected chi connectivity index (χ1v) is 7.60. The van der Waals surface area contributed by atoms with E-state index in [9.17, 15) is 17.6 Å². The van der Waals surface area contributed by atoms with Crippen LogP contribution in [-0.4, -0.2) is 32.5 Å². The number of sulfone groups is 1. The second-order valence-electron chi connectivity index (χ2n) is 4.02. The van der Waals surface area contributed by atoms with Gasteiger partial charge in [-0.3, -0.25) is 0 Å². The van der Waals surface area contributed by atoms with Gasteiger partial charge in [-0.1, -0.05) is 6.92 Å². The monoisotopic (exact) mass is 289 g/mol. The molecule has 0 atom stereocenters. The van der Waals surface area contributed by atoms with Gasteiger partial charge in [0.25, 0.3) is 0 Å². The fourth-order valence-electron chi connectivity index (χ4n) is 1.47. The Morgan fingerprint density at radius 1 is 1.37 bits per heavy atom. The second kappa shape index (κ2) is 6.51. The standard InChI is InChI=1S/C12H16FNO4S/c1-2-6-19(16,17)7-5-18-12(15)10-4-3-9(13)8-11(10)14/h3-4,8H,2,5-7,14H2,1H3. The van der Waals surface area contributed by atoms with Crippen LogP contribution in [0, 0.1) is 5.82 Å². The first kappa shape index (κ1) is 15.4. The van der Waals surface area contributed by atoms with E-state index in [1.54, 1.807) is 6.92 Å². The predicted octanol–water partition coefficient (Wildman–Crippen LogP) is 1.39. The average Bonchev–Trinajstić information content (AvgIpc) is 2.28. The number of esters is 1. The molecule has 106 valence electrons. The summed E-state index contributed by atoms with van der Waals surface area (Å²) in [4.78, 5) is 11.6. The third kappa shape index (κ3) is 4.86. The highest BCUT2D eigenvalue weighted by molar-refractivity contribution is 7.91. The minimum atomic E-state index is -3.19. The van der Waals surface area contributed by atoms with Crippen LogP contribution in [0.3, 0.4) is 0 Å². The molecule has 5 nitrogen and oxygen atoms in total. The van der Waals surface area contributed by atoms with Crippen LogP contribution in [0.25, 0.3) is 0 Å². The Hall–Kier alpha value is -1.63. The van der Waals surface area contributed by atoms with E-state index in [1.165, 1.54) is 6.07 Å². The number of benzene rings is 1. The quantitative estimate of drug-likeness (QED) is 0.631. The molecule has 0 amide bonds. The smallest absolute Gasteiger partial charge is 0.340 e. The largest absolute Gasteiger partial charge is 0.461 e. The van der Waals surface area contributed by atoms with E-state index in [-0.39, 0.29) is 29.4 Å². The highest BCUT2D eigenvalue weighted by Gasteiger charge is 2.14. The Labute approximate surface area is 111 Å². The van der Waals surface area contributed by atoms with Crippen molar-refractivity contribution in [3.8, 4) is 0 Å². The molecule has 0 fully saturated rings. The molecule has 0 aliphatic carbocycles. The van der Waals surface area contributed by atoms with Crippen LogP contribution in [0.2, 0.25) is 0 Å². The minimum absolute atomic E-state index is 0.0225. The number of nitrogens with two attached hydrogens (primary N) is 1. The summed E-state index contributed by atoms with van der Waals surface area (Å²) in [5, 5.41) is 0. The van der Waals surface area contributed by atoms with Gasteiger partial charge in [0.2, 0.25) is 0 Å². The fraction of sp³-hybridized carbons (Fsp3) is 0.417. The molecule has 1 rings (SSSR count). The zero-order chi connectivity index (χ0) is 14.5. The van der Waals surface area contributed by atoms with E-state index in [0.29, 0.717) is 6.42 Å². The van der Waals surface area contributed by atoms with Crippen molar-refractivity contribution < 1.29 is 22.3 Å². The number of hydrogen-bond donors (Lipinski definition) is 1. The molecule has 1 aromatic carbocycles. The molecule has 0 radical (unpaired) electrons. The van der Waals surface area contributed by atoms with Crippen LogP contribution in [0.1, 0.15) is 23.7 Å². The Bertz CT molecular complexity index is 557. The summed E-state index contributed by atoms with van der Waals surface area (Å²) in [7, 11) is -3.19. The number of halogens is 1. The normalized spacial score (nSPS) is 11.3. The number of anilines is 1. The Balaban J connectivity index is 2.57. The number of nitrogen functional groups attached to an aromatic ring is 1. The van der Waals surface area contributed by atoms with Crippen LogP contribution in [0.15, 0.2) is 18.2 Å². The van der Waals surface area contributed by atoms with Crippen molar-refractivity contribution in [2.24, 2.45) is 0 Å². The van der Waals surface area contributed by atoms with Crippen molar-refractivity contribution in [3.05, 3.63) is 29.6 Å². The van der Waals surface area contributed by atoms with E-state index in [0.717, 1.165) is 12.1 Å². The molecule has 1 aromatic rings. The van der Waals surface area contributed by atoms with Crippen molar-refractivity contribution in [1.82, 2.24) is 0 Å². The van der Waals surface area contributed by atoms with Gasteiger partial charge >= 0.3 is 5.97 Å². The van der Waals surface area contributed by atoms with E-state index in [4.69, 9.17) is 10.5 Å². The molecule has 0 saturated carbocycles. The predicted molar refractivity (Wildman–Crippen MR) is 70.0 cm³/mol. The first-order valence-electron chi connectivity index (χ1n) is 5.78. The minimum Gasteiger partial charge on any atom is -0.461 e. The lowest BCUT2D eigenvalue weighted by Gasteiger charge is -2.07. The Morgan fingerprint density at radius 3 is 2.63 bits per heavy atom. The second-order valence-corrected chi connectivity index (χ2v) is 6.32. The van der Waals surface area contributed by atoms with Gasteiger partial charge in [-0.15, -0.1) is 0 Å². The molecule has 2 N–H and O–H groups in total. The van der Waals surface area contributed by atoms with E-state index >= 15 is 0 Å². The van der Waals surface area contributed by atoms with Crippen molar-refractivity contribution >= 4 is 21.5 Å². The summed E-state index contributed by atoms with van der Waals surface area (Å²) in [6, 6.07) is 3.29. The van der Waals surface area contributed by atoms with Gasteiger partial charge in [-0.25, -0.2) is 17.6 Å². The molecular formula is C12H16FNO4S. The summed E-state index contributed by atoms with van der Waals surface area (Å²) in [5.74, 6) is -1.49. The van der Waals surface area contributed by atoms with E-state index in [2.05, 4.69) is 0 Å². The molecule has 0 heterocycles. The zero-order valence-electron chi connectivity index (χ0n) is 10.6. The molecule has 0 spiro atoms. The van der Waals surface area contributed by atoms with Gasteiger partial charge in [0, 0.05) is 5.69 Å². The summed E-state index contributed by atoms with van der Waals surface area (Å²) in [5.41, 5.74) is 5.45. The number of hydrogen-bond acceptors (Lipinski definition) is 5. The lowest BCUT2D eigenvalue weighted by atomic mass is 10.2. The summed E-state index contributed by atoms with van der Waals surface area (Å²) in [6.45, 7) is 1.51. The fourth-order valence-corrected chi connectivity index (χ4v) is 2.64. The number of ether oxygens (including phenoxy) is 1. The van der Waals surface area contributed by atoms with Gasteiger partial charge in [0.15, 0.2) is 9.84 Å². The van der Waals surface area contributed by atoms with Crippen LogP contribution < -0.4 is 5.73 Å². The lowest BCUT2D eigenvalue weighted by Crippen LogP contribution is -2.18. The van der Waals surface area contributed by atoms with Crippen molar-refractivity contribution in [1.29, 1.82) is 0 Å². The molecule has 0 bridgehead atoms. The average molecular weight is 289 g/mol. The number of carbonyl (C=O) groups is 1. The molecule has 0 unspecified atom stereocenters. The maximum Gasteiger partial charge on any atom is 0.340 e. The van der Waals surface area contributed by atoms with Gasteiger partial charge < -0.3 is 10.5 Å². The summed E-state index contributed by atoms with van der Waals surface area (Å²) in [6.07, 6.45) is 0.515. The maximum atomic E-state index is 12.8. The van der Waals surface area contributed by atoms with Crippen molar-refractivity contribution in [2.75, 3.05) is 23.8 Å². The summed E-state index contributed by atoms with van der Waals surface area (Å²) < 4.78 is 40.4. The highest BCUT2D eigenvalue weighted by atomic mass is 32.2. The van der Waals surface area contributed by atoms with Gasteiger partial charge in [-0.05, 0) is 24.6 Å². The molecule has 0 aliphatic heterocycles. The number of rotatable bonds is 6. The lowest BCUT2D eigenvalue weighted by molar-refractivity contribution is 0.0530. The van der Waals surface area contributed by atoms with E-state index < -0.39 is 21.6 Å². The zero-order valence-corrected chi connectivity index (χ0v) is 11.4. The van der Waals surface area contributed by atoms with Gasteiger partial charge in [0.1, 0.15) is 12.4 Å². The van der Waals surface area contributed by atoms with Crippen LogP contribution in [0.4, 0.5) is 10.1 Å². The Morgan fingerprint density at radius 2 is 2.05 bits per heavy atom. The van der Waals surface area contributed by atoms with Gasteiger partial charge in [-0.2, -0.15) is 0 Å². The van der Waals surface area contributed by atoms with Crippen LogP contribution in [-0.2, 0) is 14.6 Å². The maximum absolute atomic E-state index is 12.8. The molecular weight excluding hydrogens is 273 g/mol. The molecule has 0 aliphatic rings. The van der Waals surface area contributed by atoms with Crippen LogP contribution >= 0.6 is 0 Å². The van der Waals surface area contributed by atoms with Crippen molar-refractivity contribution in [3.63, 3.8) is 0 Å². The third-order valence-electron chi connectivity index (χ3n) is 2.38. The molecule has 0 saturated heterocycles. The first-order chi connectivity index (χ1) is 8.85. The van der Waals surface area contributed by atoms with Gasteiger partial charge in [0.05, 0.1) is 17.1 Å². The SMILES string of the molecule is CCCS(=O)(=O)CCOC(=O)c1ccc(F)cc1N.